The standard InChI is InChI=1S/C13H15F4NO4S/c1-7(2)5-10(12(19)20)18-23(21,22)11-4-3-8(14)6-9(11)13(15,16)17/h3-4,6-7,10,18H,5H2,1-2H3,(H,19,20). The zero-order valence-electron chi connectivity index (χ0n) is 12.2. The van der Waals surface area contributed by atoms with Crippen molar-refractivity contribution in [3.05, 3.63) is 29.6 Å². The molecule has 1 aromatic carbocycles. The average Bonchev–Trinajstić information content (AvgIpc) is 2.35. The molecule has 5 nitrogen and oxygen atoms in total. The van der Waals surface area contributed by atoms with Gasteiger partial charge in [0.1, 0.15) is 11.9 Å². The van der Waals surface area contributed by atoms with Gasteiger partial charge < -0.3 is 5.11 Å². The molecule has 130 valence electrons. The van der Waals surface area contributed by atoms with Crippen LogP contribution in [0.2, 0.25) is 0 Å². The van der Waals surface area contributed by atoms with Crippen molar-refractivity contribution in [1.82, 2.24) is 4.72 Å². The summed E-state index contributed by atoms with van der Waals surface area (Å²) in [6.45, 7) is 3.26. The number of carbonyl (C=O) groups is 1. The topological polar surface area (TPSA) is 83.5 Å². The molecule has 1 unspecified atom stereocenters. The Morgan fingerprint density at radius 3 is 2.30 bits per heavy atom. The number of hydrogen-bond donors (Lipinski definition) is 2. The summed E-state index contributed by atoms with van der Waals surface area (Å²) in [5.74, 6) is -2.99. The van der Waals surface area contributed by atoms with Gasteiger partial charge in [-0.05, 0) is 30.5 Å². The van der Waals surface area contributed by atoms with E-state index in [1.807, 2.05) is 0 Å². The lowest BCUT2D eigenvalue weighted by Crippen LogP contribution is -2.42. The normalized spacial score (nSPS) is 14.0. The molecule has 0 heterocycles. The van der Waals surface area contributed by atoms with Crippen LogP contribution in [0.3, 0.4) is 0 Å². The number of halogens is 4. The van der Waals surface area contributed by atoms with Crippen LogP contribution in [0, 0.1) is 11.7 Å². The van der Waals surface area contributed by atoms with Crippen LogP contribution >= 0.6 is 0 Å². The summed E-state index contributed by atoms with van der Waals surface area (Å²) in [7, 11) is -4.80. The van der Waals surface area contributed by atoms with Gasteiger partial charge in [-0.3, -0.25) is 4.79 Å². The number of carboxylic acid groups (broad SMARTS) is 1. The fraction of sp³-hybridized carbons (Fsp3) is 0.462. The zero-order valence-corrected chi connectivity index (χ0v) is 13.0. The summed E-state index contributed by atoms with van der Waals surface area (Å²) >= 11 is 0. The quantitative estimate of drug-likeness (QED) is 0.767. The number of hydrogen-bond acceptors (Lipinski definition) is 3. The highest BCUT2D eigenvalue weighted by atomic mass is 32.2. The van der Waals surface area contributed by atoms with Crippen molar-refractivity contribution in [3.8, 4) is 0 Å². The molecule has 10 heteroatoms. The van der Waals surface area contributed by atoms with Crippen LogP contribution in [0.25, 0.3) is 0 Å². The highest BCUT2D eigenvalue weighted by molar-refractivity contribution is 7.89. The number of nitrogens with one attached hydrogen (secondary N) is 1. The van der Waals surface area contributed by atoms with Gasteiger partial charge in [-0.2, -0.15) is 17.9 Å². The van der Waals surface area contributed by atoms with Crippen molar-refractivity contribution in [1.29, 1.82) is 0 Å². The Hall–Kier alpha value is -1.68. The maximum absolute atomic E-state index is 13.0. The molecule has 1 rings (SSSR count). The molecule has 0 aliphatic carbocycles. The Labute approximate surface area is 130 Å². The predicted molar refractivity (Wildman–Crippen MR) is 72.6 cm³/mol. The molecule has 0 spiro atoms. The Morgan fingerprint density at radius 1 is 1.30 bits per heavy atom. The lowest BCUT2D eigenvalue weighted by atomic mass is 10.1. The molecule has 0 amide bonds. The van der Waals surface area contributed by atoms with Gasteiger partial charge in [0.2, 0.25) is 10.0 Å². The maximum atomic E-state index is 13.0. The monoisotopic (exact) mass is 357 g/mol. The fourth-order valence-electron chi connectivity index (χ4n) is 1.88. The highest BCUT2D eigenvalue weighted by Crippen LogP contribution is 2.34. The number of sulfonamides is 1. The van der Waals surface area contributed by atoms with Crippen molar-refractivity contribution in [2.75, 3.05) is 0 Å². The van der Waals surface area contributed by atoms with Gasteiger partial charge in [0, 0.05) is 0 Å². The van der Waals surface area contributed by atoms with Gasteiger partial charge in [-0.1, -0.05) is 13.8 Å². The number of benzene rings is 1. The van der Waals surface area contributed by atoms with Gasteiger partial charge >= 0.3 is 12.1 Å². The molecule has 0 aliphatic heterocycles. The van der Waals surface area contributed by atoms with Gasteiger partial charge in [0.15, 0.2) is 0 Å². The van der Waals surface area contributed by atoms with Gasteiger partial charge in [0.05, 0.1) is 10.5 Å². The fourth-order valence-corrected chi connectivity index (χ4v) is 3.29. The van der Waals surface area contributed by atoms with Crippen molar-refractivity contribution >= 4 is 16.0 Å². The van der Waals surface area contributed by atoms with Crippen LogP contribution in [0.1, 0.15) is 25.8 Å². The van der Waals surface area contributed by atoms with Crippen LogP contribution in [0.15, 0.2) is 23.1 Å². The number of carboxylic acids is 1. The first-order chi connectivity index (χ1) is 10.3. The van der Waals surface area contributed by atoms with Crippen molar-refractivity contribution in [2.24, 2.45) is 5.92 Å². The average molecular weight is 357 g/mol. The Balaban J connectivity index is 3.31. The molecule has 0 aromatic heterocycles. The first-order valence-electron chi connectivity index (χ1n) is 6.46. The highest BCUT2D eigenvalue weighted by Gasteiger charge is 2.38. The number of rotatable bonds is 6. The largest absolute Gasteiger partial charge is 0.480 e. The zero-order chi connectivity index (χ0) is 18.0. The first kappa shape index (κ1) is 19.4. The summed E-state index contributed by atoms with van der Waals surface area (Å²) in [5, 5.41) is 9.00. The smallest absolute Gasteiger partial charge is 0.417 e. The summed E-state index contributed by atoms with van der Waals surface area (Å²) < 4.78 is 77.6. The van der Waals surface area contributed by atoms with E-state index in [2.05, 4.69) is 0 Å². The predicted octanol–water partition coefficient (Wildman–Crippen LogP) is 2.62. The number of alkyl halides is 3. The van der Waals surface area contributed by atoms with Gasteiger partial charge in [-0.25, -0.2) is 12.8 Å². The van der Waals surface area contributed by atoms with E-state index < -0.39 is 44.5 Å². The molecule has 2 N–H and O–H groups in total. The van der Waals surface area contributed by atoms with Crippen LogP contribution in [0.5, 0.6) is 0 Å². The molecule has 1 aromatic rings. The lowest BCUT2D eigenvalue weighted by Gasteiger charge is -2.19. The molecule has 0 saturated carbocycles. The van der Waals surface area contributed by atoms with E-state index in [1.165, 1.54) is 0 Å². The van der Waals surface area contributed by atoms with E-state index in [4.69, 9.17) is 5.11 Å². The first-order valence-corrected chi connectivity index (χ1v) is 7.94. The second-order valence-electron chi connectivity index (χ2n) is 5.28. The van der Waals surface area contributed by atoms with Crippen LogP contribution in [-0.2, 0) is 21.0 Å². The molecule has 1 atom stereocenters. The third-order valence-electron chi connectivity index (χ3n) is 2.84. The SMILES string of the molecule is CC(C)CC(NS(=O)(=O)c1ccc(F)cc1C(F)(F)F)C(=O)O. The molecule has 0 radical (unpaired) electrons. The minimum absolute atomic E-state index is 0.0484. The Bertz CT molecular complexity index is 686. The second-order valence-corrected chi connectivity index (χ2v) is 6.96. The van der Waals surface area contributed by atoms with Crippen LogP contribution in [-0.4, -0.2) is 25.5 Å². The molecular weight excluding hydrogens is 342 g/mol. The summed E-state index contributed by atoms with van der Waals surface area (Å²) in [5.41, 5.74) is -1.70. The van der Waals surface area contributed by atoms with E-state index in [0.29, 0.717) is 12.1 Å². The Morgan fingerprint density at radius 2 is 1.87 bits per heavy atom. The third-order valence-corrected chi connectivity index (χ3v) is 4.37. The molecule has 0 bridgehead atoms. The molecule has 0 fully saturated rings. The summed E-state index contributed by atoms with van der Waals surface area (Å²) in [4.78, 5) is 9.85. The number of aliphatic carboxylic acids is 1. The second kappa shape index (κ2) is 6.83. The maximum Gasteiger partial charge on any atom is 0.417 e. The van der Waals surface area contributed by atoms with Crippen molar-refractivity contribution < 1.29 is 35.9 Å². The molecule has 0 aliphatic rings. The van der Waals surface area contributed by atoms with E-state index in [0.717, 1.165) is 0 Å². The van der Waals surface area contributed by atoms with Crippen LogP contribution < -0.4 is 4.72 Å². The van der Waals surface area contributed by atoms with E-state index >= 15 is 0 Å². The lowest BCUT2D eigenvalue weighted by molar-refractivity contribution is -0.140. The molecule has 23 heavy (non-hydrogen) atoms. The van der Waals surface area contributed by atoms with Crippen molar-refractivity contribution in [3.63, 3.8) is 0 Å². The van der Waals surface area contributed by atoms with Crippen LogP contribution in [0.4, 0.5) is 17.6 Å². The van der Waals surface area contributed by atoms with E-state index in [9.17, 15) is 30.8 Å². The minimum Gasteiger partial charge on any atom is -0.480 e. The summed E-state index contributed by atoms with van der Waals surface area (Å²) in [6, 6.07) is -0.532. The molecular formula is C13H15F4NO4S. The van der Waals surface area contributed by atoms with Gasteiger partial charge in [-0.15, -0.1) is 0 Å². The van der Waals surface area contributed by atoms with E-state index in [-0.39, 0.29) is 18.4 Å². The third kappa shape index (κ3) is 5.17. The van der Waals surface area contributed by atoms with Crippen molar-refractivity contribution in [2.45, 2.75) is 37.4 Å². The molecule has 0 saturated heterocycles. The minimum atomic E-state index is -5.11. The summed E-state index contributed by atoms with van der Waals surface area (Å²) in [6.07, 6.45) is -5.22. The Kier molecular flexibility index (Phi) is 5.75. The van der Waals surface area contributed by atoms with Gasteiger partial charge in [0.25, 0.3) is 0 Å². The van der Waals surface area contributed by atoms with E-state index in [1.54, 1.807) is 18.6 Å².